The third-order valence-electron chi connectivity index (χ3n) is 5.92. The molecule has 0 unspecified atom stereocenters. The van der Waals surface area contributed by atoms with E-state index in [0.717, 1.165) is 65.8 Å². The lowest BCUT2D eigenvalue weighted by molar-refractivity contribution is 0.584. The van der Waals surface area contributed by atoms with E-state index in [-0.39, 0.29) is 0 Å². The fourth-order valence-electron chi connectivity index (χ4n) is 4.22. The summed E-state index contributed by atoms with van der Waals surface area (Å²) in [6, 6.07) is 3.54. The molecule has 10 nitrogen and oxygen atoms in total. The van der Waals surface area contributed by atoms with Crippen LogP contribution in [0.15, 0.2) is 36.9 Å². The molecule has 1 saturated heterocycles. The van der Waals surface area contributed by atoms with Crippen molar-refractivity contribution in [3.8, 4) is 11.3 Å². The minimum absolute atomic E-state index is 0.437. The summed E-state index contributed by atoms with van der Waals surface area (Å²) in [6.45, 7) is 4.06. The van der Waals surface area contributed by atoms with Crippen LogP contribution in [0.2, 0.25) is 10.0 Å². The first-order valence-electron chi connectivity index (χ1n) is 11.0. The highest BCUT2D eigenvalue weighted by molar-refractivity contribution is 6.42. The molecule has 3 N–H and O–H groups in total. The molecule has 0 amide bonds. The number of benzene rings is 1. The predicted octanol–water partition coefficient (Wildman–Crippen LogP) is 3.33. The lowest BCUT2D eigenvalue weighted by Gasteiger charge is -2.28. The van der Waals surface area contributed by atoms with Crippen LogP contribution < -0.4 is 15.5 Å². The molecular weight excluding hydrogens is 475 g/mol. The van der Waals surface area contributed by atoms with Gasteiger partial charge in [-0.15, -0.1) is 0 Å². The number of halogens is 2. The van der Waals surface area contributed by atoms with Crippen LogP contribution in [0.3, 0.4) is 0 Å². The van der Waals surface area contributed by atoms with Crippen molar-refractivity contribution in [2.24, 2.45) is 7.05 Å². The quantitative estimate of drug-likeness (QED) is 0.342. The molecule has 0 radical (unpaired) electrons. The number of hydrogen-bond donors (Lipinski definition) is 3. The zero-order valence-electron chi connectivity index (χ0n) is 18.4. The van der Waals surface area contributed by atoms with Gasteiger partial charge in [-0.25, -0.2) is 15.0 Å². The Morgan fingerprint density at radius 3 is 2.68 bits per heavy atom. The third-order valence-corrected chi connectivity index (χ3v) is 6.64. The smallest absolute Gasteiger partial charge is 0.180 e. The number of aromatic amines is 1. The van der Waals surface area contributed by atoms with E-state index >= 15 is 0 Å². The molecule has 0 atom stereocenters. The standard InChI is InChI=1S/C22H22Cl2N10/c1-32-11-13(8-28-32)18-9-27-22-21(31-20(12-34(18)22)33-4-2-25-3-5-33)26-10-19-29-16-6-14(23)15(24)7-17(16)30-19/h6-9,11-12,25H,2-5,10H2,1H3,(H,26,31)(H,29,30). The fraction of sp³-hybridized carbons (Fsp3) is 0.273. The van der Waals surface area contributed by atoms with Gasteiger partial charge in [0.2, 0.25) is 0 Å². The first-order chi connectivity index (χ1) is 16.5. The molecular formula is C22H22Cl2N10. The average Bonchev–Trinajstić information content (AvgIpc) is 3.56. The van der Waals surface area contributed by atoms with Gasteiger partial charge >= 0.3 is 0 Å². The number of piperazine rings is 1. The zero-order valence-corrected chi connectivity index (χ0v) is 19.9. The third kappa shape index (κ3) is 3.83. The summed E-state index contributed by atoms with van der Waals surface area (Å²) < 4.78 is 3.86. The summed E-state index contributed by atoms with van der Waals surface area (Å²) in [5, 5.41) is 12.1. The van der Waals surface area contributed by atoms with E-state index in [1.165, 1.54) is 0 Å². The van der Waals surface area contributed by atoms with Crippen LogP contribution in [0.25, 0.3) is 27.9 Å². The van der Waals surface area contributed by atoms with Crippen LogP contribution in [0, 0.1) is 0 Å². The molecule has 12 heteroatoms. The zero-order chi connectivity index (χ0) is 23.2. The summed E-state index contributed by atoms with van der Waals surface area (Å²) >= 11 is 12.3. The van der Waals surface area contributed by atoms with E-state index in [0.29, 0.717) is 22.4 Å². The molecule has 5 heterocycles. The maximum Gasteiger partial charge on any atom is 0.180 e. The van der Waals surface area contributed by atoms with Crippen molar-refractivity contribution in [3.05, 3.63) is 52.8 Å². The molecule has 0 spiro atoms. The number of aromatic nitrogens is 7. The van der Waals surface area contributed by atoms with Crippen molar-refractivity contribution >= 4 is 51.5 Å². The van der Waals surface area contributed by atoms with Crippen LogP contribution in [0.5, 0.6) is 0 Å². The van der Waals surface area contributed by atoms with Crippen molar-refractivity contribution in [2.45, 2.75) is 6.54 Å². The minimum Gasteiger partial charge on any atom is -0.360 e. The van der Waals surface area contributed by atoms with Crippen LogP contribution in [0.4, 0.5) is 11.6 Å². The molecule has 34 heavy (non-hydrogen) atoms. The molecule has 4 aromatic heterocycles. The fourth-order valence-corrected chi connectivity index (χ4v) is 4.54. The molecule has 1 aromatic carbocycles. The Morgan fingerprint density at radius 2 is 1.88 bits per heavy atom. The van der Waals surface area contributed by atoms with Crippen LogP contribution in [-0.4, -0.2) is 60.3 Å². The molecule has 0 aliphatic carbocycles. The van der Waals surface area contributed by atoms with E-state index in [4.69, 9.17) is 28.2 Å². The molecule has 6 rings (SSSR count). The number of imidazole rings is 2. The summed E-state index contributed by atoms with van der Waals surface area (Å²) in [5.41, 5.74) is 4.28. The highest BCUT2D eigenvalue weighted by atomic mass is 35.5. The maximum atomic E-state index is 6.15. The normalized spacial score (nSPS) is 14.4. The van der Waals surface area contributed by atoms with Crippen molar-refractivity contribution < 1.29 is 0 Å². The summed E-state index contributed by atoms with van der Waals surface area (Å²) in [7, 11) is 1.90. The Balaban J connectivity index is 1.38. The van der Waals surface area contributed by atoms with Gasteiger partial charge in [-0.05, 0) is 12.1 Å². The first kappa shape index (κ1) is 21.2. The van der Waals surface area contributed by atoms with Gasteiger partial charge in [-0.3, -0.25) is 9.08 Å². The monoisotopic (exact) mass is 496 g/mol. The number of fused-ring (bicyclic) bond motifs is 2. The highest BCUT2D eigenvalue weighted by Crippen LogP contribution is 2.28. The van der Waals surface area contributed by atoms with Gasteiger partial charge in [0.1, 0.15) is 11.6 Å². The van der Waals surface area contributed by atoms with Gasteiger partial charge in [-0.2, -0.15) is 5.10 Å². The van der Waals surface area contributed by atoms with E-state index < -0.39 is 0 Å². The highest BCUT2D eigenvalue weighted by Gasteiger charge is 2.18. The van der Waals surface area contributed by atoms with E-state index in [2.05, 4.69) is 40.0 Å². The van der Waals surface area contributed by atoms with Gasteiger partial charge in [0.25, 0.3) is 0 Å². The van der Waals surface area contributed by atoms with Crippen molar-refractivity contribution in [1.29, 1.82) is 0 Å². The molecule has 5 aromatic rings. The van der Waals surface area contributed by atoms with E-state index in [1.54, 1.807) is 16.8 Å². The molecule has 0 saturated carbocycles. The number of nitrogens with zero attached hydrogens (tertiary/aromatic N) is 7. The summed E-state index contributed by atoms with van der Waals surface area (Å²) in [4.78, 5) is 19.8. The topological polar surface area (TPSA) is 104 Å². The number of H-pyrrole nitrogens is 1. The maximum absolute atomic E-state index is 6.15. The Bertz CT molecular complexity index is 1460. The number of hydrogen-bond acceptors (Lipinski definition) is 7. The Hall–Kier alpha value is -3.34. The van der Waals surface area contributed by atoms with Crippen LogP contribution in [-0.2, 0) is 13.6 Å². The number of aryl methyl sites for hydroxylation is 1. The molecule has 1 aliphatic rings. The number of anilines is 2. The van der Waals surface area contributed by atoms with Crippen LogP contribution >= 0.6 is 23.2 Å². The lowest BCUT2D eigenvalue weighted by Crippen LogP contribution is -2.44. The molecule has 174 valence electrons. The van der Waals surface area contributed by atoms with Gasteiger partial charge in [0, 0.05) is 45.0 Å². The Morgan fingerprint density at radius 1 is 1.06 bits per heavy atom. The lowest BCUT2D eigenvalue weighted by atomic mass is 10.3. The minimum atomic E-state index is 0.437. The second-order valence-corrected chi connectivity index (χ2v) is 9.06. The predicted molar refractivity (Wildman–Crippen MR) is 134 cm³/mol. The SMILES string of the molecule is Cn1cc(-c2cnc3c(NCc4nc5cc(Cl)c(Cl)cc5[nH]4)nc(N4CCNCC4)cn23)cn1. The largest absolute Gasteiger partial charge is 0.360 e. The van der Waals surface area contributed by atoms with Crippen LogP contribution in [0.1, 0.15) is 5.82 Å². The second-order valence-electron chi connectivity index (χ2n) is 8.25. The van der Waals surface area contributed by atoms with Crippen molar-refractivity contribution in [3.63, 3.8) is 0 Å². The van der Waals surface area contributed by atoms with E-state index in [1.807, 2.05) is 31.8 Å². The number of nitrogens with one attached hydrogen (secondary N) is 3. The molecule has 1 fully saturated rings. The van der Waals surface area contributed by atoms with Gasteiger partial charge < -0.3 is 20.5 Å². The molecule has 0 bridgehead atoms. The number of rotatable bonds is 5. The van der Waals surface area contributed by atoms with Gasteiger partial charge in [0.15, 0.2) is 11.5 Å². The van der Waals surface area contributed by atoms with Crippen molar-refractivity contribution in [2.75, 3.05) is 36.4 Å². The summed E-state index contributed by atoms with van der Waals surface area (Å²) in [6.07, 6.45) is 7.72. The second kappa shape index (κ2) is 8.46. The Kier molecular flexibility index (Phi) is 5.28. The first-order valence-corrected chi connectivity index (χ1v) is 11.7. The molecule has 1 aliphatic heterocycles. The Labute approximate surface area is 204 Å². The van der Waals surface area contributed by atoms with Gasteiger partial charge in [-0.1, -0.05) is 23.2 Å². The average molecular weight is 497 g/mol. The van der Waals surface area contributed by atoms with Gasteiger partial charge in [0.05, 0.1) is 51.9 Å². The summed E-state index contributed by atoms with van der Waals surface area (Å²) in [5.74, 6) is 2.32. The van der Waals surface area contributed by atoms with E-state index in [9.17, 15) is 0 Å². The van der Waals surface area contributed by atoms with Crippen molar-refractivity contribution in [1.82, 2.24) is 39.4 Å².